The highest BCUT2D eigenvalue weighted by atomic mass is 15.2. The summed E-state index contributed by atoms with van der Waals surface area (Å²) in [6.45, 7) is 21.1. The summed E-state index contributed by atoms with van der Waals surface area (Å²) in [6.07, 6.45) is 10.7. The van der Waals surface area contributed by atoms with E-state index >= 15 is 0 Å². The first-order chi connectivity index (χ1) is 18.3. The molecule has 206 valence electrons. The number of rotatable bonds is 9. The van der Waals surface area contributed by atoms with Crippen LogP contribution in [0.25, 0.3) is 5.57 Å². The Morgan fingerprint density at radius 2 is 1.71 bits per heavy atom. The summed E-state index contributed by atoms with van der Waals surface area (Å²) in [7, 11) is 2.04. The number of anilines is 4. The maximum atomic E-state index is 4.91. The number of aromatic nitrogens is 3. The van der Waals surface area contributed by atoms with Crippen LogP contribution in [0.2, 0.25) is 0 Å². The van der Waals surface area contributed by atoms with Crippen molar-refractivity contribution in [2.45, 2.75) is 99.3 Å². The minimum absolute atomic E-state index is 0.216. The summed E-state index contributed by atoms with van der Waals surface area (Å²) in [5, 5.41) is 3.42. The quantitative estimate of drug-likeness (QED) is 0.307. The van der Waals surface area contributed by atoms with Gasteiger partial charge in [-0.15, -0.1) is 0 Å². The lowest BCUT2D eigenvalue weighted by atomic mass is 10.0. The Bertz CT molecular complexity index is 1180. The molecule has 5 heteroatoms. The summed E-state index contributed by atoms with van der Waals surface area (Å²) in [5.41, 5.74) is 8.10. The molecule has 2 heterocycles. The second kappa shape index (κ2) is 14.7. The highest BCUT2D eigenvalue weighted by Crippen LogP contribution is 2.47. The summed E-state index contributed by atoms with van der Waals surface area (Å²) in [6, 6.07) is 10.8. The molecule has 4 rings (SSSR count). The first kappa shape index (κ1) is 31.0. The molecule has 0 saturated heterocycles. The molecule has 0 radical (unpaired) electrons. The van der Waals surface area contributed by atoms with Gasteiger partial charge in [0.15, 0.2) is 0 Å². The maximum Gasteiger partial charge on any atom is 0.229 e. The lowest BCUT2D eigenvalue weighted by Crippen LogP contribution is -2.16. The molecular formula is C33H49N5. The highest BCUT2D eigenvalue weighted by Gasteiger charge is 2.40. The van der Waals surface area contributed by atoms with Crippen LogP contribution in [0.1, 0.15) is 103 Å². The smallest absolute Gasteiger partial charge is 0.229 e. The van der Waals surface area contributed by atoms with Gasteiger partial charge < -0.3 is 10.2 Å². The topological polar surface area (TPSA) is 53.9 Å². The SMILES string of the molecule is C=C(C)c1cnc(Nc2ccc(CCC)c(CC)c2)nc1N(C)c1ccnc(C2(C)CC2)c1.CC.CCC. The van der Waals surface area contributed by atoms with Crippen LogP contribution >= 0.6 is 0 Å². The van der Waals surface area contributed by atoms with Crippen LogP contribution in [0.4, 0.5) is 23.1 Å². The molecule has 0 atom stereocenters. The van der Waals surface area contributed by atoms with Gasteiger partial charge in [-0.25, -0.2) is 4.98 Å². The average molecular weight is 516 g/mol. The molecule has 1 aliphatic carbocycles. The molecule has 1 N–H and O–H groups in total. The van der Waals surface area contributed by atoms with Crippen molar-refractivity contribution in [1.29, 1.82) is 0 Å². The van der Waals surface area contributed by atoms with Gasteiger partial charge in [0.25, 0.3) is 0 Å². The van der Waals surface area contributed by atoms with Gasteiger partial charge in [0, 0.05) is 47.5 Å². The summed E-state index contributed by atoms with van der Waals surface area (Å²) in [5.74, 6) is 1.41. The first-order valence-electron chi connectivity index (χ1n) is 14.4. The summed E-state index contributed by atoms with van der Waals surface area (Å²) < 4.78 is 0. The van der Waals surface area contributed by atoms with E-state index in [4.69, 9.17) is 4.98 Å². The highest BCUT2D eigenvalue weighted by molar-refractivity contribution is 5.76. The van der Waals surface area contributed by atoms with Crippen molar-refractivity contribution in [2.75, 3.05) is 17.3 Å². The van der Waals surface area contributed by atoms with E-state index in [9.17, 15) is 0 Å². The van der Waals surface area contributed by atoms with E-state index in [1.54, 1.807) is 0 Å². The normalized spacial score (nSPS) is 12.9. The predicted molar refractivity (Wildman–Crippen MR) is 166 cm³/mol. The molecule has 0 amide bonds. The largest absolute Gasteiger partial charge is 0.329 e. The minimum atomic E-state index is 0.216. The summed E-state index contributed by atoms with van der Waals surface area (Å²) in [4.78, 5) is 16.2. The molecule has 1 saturated carbocycles. The van der Waals surface area contributed by atoms with Gasteiger partial charge in [-0.05, 0) is 73.6 Å². The molecule has 0 spiro atoms. The van der Waals surface area contributed by atoms with Crippen molar-refractivity contribution in [2.24, 2.45) is 0 Å². The van der Waals surface area contributed by atoms with Crippen LogP contribution in [0.5, 0.6) is 0 Å². The molecule has 0 aliphatic heterocycles. The van der Waals surface area contributed by atoms with Gasteiger partial charge in [0.1, 0.15) is 5.82 Å². The fourth-order valence-electron chi connectivity index (χ4n) is 4.19. The number of hydrogen-bond acceptors (Lipinski definition) is 5. The fraction of sp³-hybridized carbons (Fsp3) is 0.485. The molecule has 1 aliphatic rings. The molecule has 5 nitrogen and oxygen atoms in total. The van der Waals surface area contributed by atoms with Gasteiger partial charge in [0.05, 0.1) is 0 Å². The second-order valence-electron chi connectivity index (χ2n) is 10.1. The number of nitrogens with zero attached hydrogens (tertiary/aromatic N) is 4. The molecule has 38 heavy (non-hydrogen) atoms. The van der Waals surface area contributed by atoms with Crippen molar-refractivity contribution in [3.63, 3.8) is 0 Å². The third-order valence-electron chi connectivity index (χ3n) is 6.66. The van der Waals surface area contributed by atoms with Gasteiger partial charge in [-0.3, -0.25) is 4.98 Å². The number of aryl methyl sites for hydroxylation is 2. The van der Waals surface area contributed by atoms with E-state index in [-0.39, 0.29) is 5.41 Å². The number of allylic oxidation sites excluding steroid dienone is 1. The third kappa shape index (κ3) is 7.89. The monoisotopic (exact) mass is 515 g/mol. The Balaban J connectivity index is 0.000000947. The molecule has 3 aromatic rings. The van der Waals surface area contributed by atoms with Gasteiger partial charge in [-0.2, -0.15) is 4.98 Å². The van der Waals surface area contributed by atoms with Gasteiger partial charge in [-0.1, -0.05) is 74.0 Å². The Kier molecular flexibility index (Phi) is 12.0. The summed E-state index contributed by atoms with van der Waals surface area (Å²) >= 11 is 0. The van der Waals surface area contributed by atoms with Crippen LogP contribution in [-0.2, 0) is 18.3 Å². The van der Waals surface area contributed by atoms with E-state index in [2.05, 4.69) is 85.6 Å². The zero-order chi connectivity index (χ0) is 28.3. The van der Waals surface area contributed by atoms with Crippen LogP contribution < -0.4 is 10.2 Å². The van der Waals surface area contributed by atoms with E-state index in [0.717, 1.165) is 53.3 Å². The average Bonchev–Trinajstić information content (AvgIpc) is 3.69. The number of pyridine rings is 1. The maximum absolute atomic E-state index is 4.91. The van der Waals surface area contributed by atoms with Crippen LogP contribution in [-0.4, -0.2) is 22.0 Å². The third-order valence-corrected chi connectivity index (χ3v) is 6.66. The fourth-order valence-corrected chi connectivity index (χ4v) is 4.19. The van der Waals surface area contributed by atoms with Crippen molar-refractivity contribution in [3.8, 4) is 0 Å². The van der Waals surface area contributed by atoms with Crippen LogP contribution in [0, 0.1) is 0 Å². The molecule has 2 aromatic heterocycles. The minimum Gasteiger partial charge on any atom is -0.329 e. The van der Waals surface area contributed by atoms with E-state index < -0.39 is 0 Å². The lowest BCUT2D eigenvalue weighted by molar-refractivity contribution is 0.749. The Morgan fingerprint density at radius 1 is 1.03 bits per heavy atom. The van der Waals surface area contributed by atoms with Crippen LogP contribution in [0.15, 0.2) is 49.3 Å². The number of nitrogens with one attached hydrogen (secondary N) is 1. The first-order valence-corrected chi connectivity index (χ1v) is 14.4. The Hall–Kier alpha value is -3.21. The molecule has 0 unspecified atom stereocenters. The van der Waals surface area contributed by atoms with Gasteiger partial charge in [0.2, 0.25) is 5.95 Å². The Morgan fingerprint density at radius 3 is 2.29 bits per heavy atom. The van der Waals surface area contributed by atoms with Crippen molar-refractivity contribution in [1.82, 2.24) is 15.0 Å². The zero-order valence-corrected chi connectivity index (χ0v) is 25.3. The molecule has 1 fully saturated rings. The number of hydrogen-bond donors (Lipinski definition) is 1. The van der Waals surface area contributed by atoms with Crippen LogP contribution in [0.3, 0.4) is 0 Å². The number of benzene rings is 1. The van der Waals surface area contributed by atoms with Crippen molar-refractivity contribution in [3.05, 3.63) is 71.7 Å². The van der Waals surface area contributed by atoms with Crippen molar-refractivity contribution >= 4 is 28.7 Å². The van der Waals surface area contributed by atoms with E-state index in [1.807, 2.05) is 46.3 Å². The zero-order valence-electron chi connectivity index (χ0n) is 25.3. The predicted octanol–water partition coefficient (Wildman–Crippen LogP) is 9.43. The molecule has 0 bridgehead atoms. The van der Waals surface area contributed by atoms with Gasteiger partial charge >= 0.3 is 0 Å². The molecular weight excluding hydrogens is 466 g/mol. The van der Waals surface area contributed by atoms with E-state index in [0.29, 0.717) is 5.95 Å². The van der Waals surface area contributed by atoms with E-state index in [1.165, 1.54) is 30.4 Å². The Labute approximate surface area is 231 Å². The molecule has 1 aromatic carbocycles. The van der Waals surface area contributed by atoms with Crippen molar-refractivity contribution < 1.29 is 0 Å². The lowest BCUT2D eigenvalue weighted by Gasteiger charge is -2.23. The standard InChI is InChI=1S/C28H35N5.C3H8.C2H6/c1-7-9-21-10-11-22(16-20(21)8-2)31-27-30-18-24(19(3)4)26(32-27)33(6)23-12-15-29-25(17-23)28(5)13-14-28;1-3-2;1-2/h10-12,15-18H,3,7-9,13-14H2,1-2,4-6H3,(H,30,31,32);3H2,1-2H3;1-2H3. The second-order valence-corrected chi connectivity index (χ2v) is 10.1.